The van der Waals surface area contributed by atoms with E-state index >= 15 is 0 Å². The summed E-state index contributed by atoms with van der Waals surface area (Å²) in [6, 6.07) is 0. The Morgan fingerprint density at radius 1 is 0.824 bits per heavy atom. The first-order valence-corrected chi connectivity index (χ1v) is 7.41. The zero-order chi connectivity index (χ0) is 13.1. The van der Waals surface area contributed by atoms with Crippen molar-refractivity contribution in [3.8, 4) is 0 Å². The Hall–Kier alpha value is -0.0800. The van der Waals surface area contributed by atoms with E-state index in [1.165, 1.54) is 51.4 Å². The van der Waals surface area contributed by atoms with Gasteiger partial charge in [0, 0.05) is 6.92 Å². The number of hydrogen-bond donors (Lipinski definition) is 0. The Kier molecular flexibility index (Phi) is 9.85. The van der Waals surface area contributed by atoms with Gasteiger partial charge in [-0.3, -0.25) is 0 Å². The van der Waals surface area contributed by atoms with Crippen LogP contribution in [0.1, 0.15) is 65.2 Å². The molecule has 0 aromatic rings. The standard InChI is InChI=1S/C15H34NO/c1-6-7-8-9-10-11-12-13-14-17-15(2)16(3,4)5/h15H,6-14H2,1-5H3/q+1. The maximum absolute atomic E-state index is 5.82. The minimum absolute atomic E-state index is 0.305. The smallest absolute Gasteiger partial charge is 0.189 e. The predicted molar refractivity (Wildman–Crippen MR) is 76.1 cm³/mol. The number of ether oxygens (including phenoxy) is 1. The first-order valence-electron chi connectivity index (χ1n) is 7.41. The Bertz CT molecular complexity index is 163. The summed E-state index contributed by atoms with van der Waals surface area (Å²) in [7, 11) is 6.54. The van der Waals surface area contributed by atoms with Gasteiger partial charge in [-0.05, 0) is 6.42 Å². The van der Waals surface area contributed by atoms with E-state index in [0.717, 1.165) is 11.1 Å². The minimum atomic E-state index is 0.305. The molecule has 104 valence electrons. The number of rotatable bonds is 11. The monoisotopic (exact) mass is 244 g/mol. The van der Waals surface area contributed by atoms with Crippen LogP contribution in [0.5, 0.6) is 0 Å². The summed E-state index contributed by atoms with van der Waals surface area (Å²) in [5, 5.41) is 0. The summed E-state index contributed by atoms with van der Waals surface area (Å²) in [6.45, 7) is 5.35. The van der Waals surface area contributed by atoms with Crippen molar-refractivity contribution in [2.75, 3.05) is 27.7 Å². The third kappa shape index (κ3) is 10.8. The maximum Gasteiger partial charge on any atom is 0.189 e. The molecular formula is C15H34NO+. The van der Waals surface area contributed by atoms with Gasteiger partial charge in [0.05, 0.1) is 27.7 Å². The topological polar surface area (TPSA) is 9.23 Å². The van der Waals surface area contributed by atoms with Gasteiger partial charge in [0.1, 0.15) is 0 Å². The second kappa shape index (κ2) is 9.90. The molecule has 0 saturated heterocycles. The molecule has 0 aliphatic rings. The van der Waals surface area contributed by atoms with Crippen molar-refractivity contribution in [3.05, 3.63) is 0 Å². The van der Waals surface area contributed by atoms with Crippen LogP contribution in [-0.2, 0) is 4.74 Å². The van der Waals surface area contributed by atoms with Crippen molar-refractivity contribution in [2.45, 2.75) is 71.4 Å². The van der Waals surface area contributed by atoms with Crippen molar-refractivity contribution in [3.63, 3.8) is 0 Å². The molecule has 0 saturated carbocycles. The normalized spacial score (nSPS) is 13.9. The lowest BCUT2D eigenvalue weighted by Gasteiger charge is -2.31. The summed E-state index contributed by atoms with van der Waals surface area (Å²) in [5.74, 6) is 0. The highest BCUT2D eigenvalue weighted by molar-refractivity contribution is 4.46. The maximum atomic E-state index is 5.82. The third-order valence-electron chi connectivity index (χ3n) is 3.45. The molecular weight excluding hydrogens is 210 g/mol. The third-order valence-corrected chi connectivity index (χ3v) is 3.45. The molecule has 0 fully saturated rings. The van der Waals surface area contributed by atoms with Crippen molar-refractivity contribution < 1.29 is 9.22 Å². The average molecular weight is 244 g/mol. The summed E-state index contributed by atoms with van der Waals surface area (Å²) in [4.78, 5) is 0. The van der Waals surface area contributed by atoms with E-state index in [9.17, 15) is 0 Å². The number of quaternary nitrogens is 1. The van der Waals surface area contributed by atoms with Crippen LogP contribution in [0.15, 0.2) is 0 Å². The number of hydrogen-bond acceptors (Lipinski definition) is 1. The highest BCUT2D eigenvalue weighted by atomic mass is 16.5. The molecule has 17 heavy (non-hydrogen) atoms. The van der Waals surface area contributed by atoms with Gasteiger partial charge in [-0.15, -0.1) is 0 Å². The fourth-order valence-corrected chi connectivity index (χ4v) is 1.71. The molecule has 0 bridgehead atoms. The molecule has 1 unspecified atom stereocenters. The average Bonchev–Trinajstić information content (AvgIpc) is 2.25. The Balaban J connectivity index is 3.19. The fourth-order valence-electron chi connectivity index (χ4n) is 1.71. The lowest BCUT2D eigenvalue weighted by Crippen LogP contribution is -2.44. The lowest BCUT2D eigenvalue weighted by molar-refractivity contribution is -0.917. The minimum Gasteiger partial charge on any atom is -0.329 e. The molecule has 0 aromatic carbocycles. The van der Waals surface area contributed by atoms with Gasteiger partial charge in [-0.2, -0.15) is 0 Å². The van der Waals surface area contributed by atoms with E-state index in [1.807, 2.05) is 0 Å². The molecule has 2 nitrogen and oxygen atoms in total. The van der Waals surface area contributed by atoms with Gasteiger partial charge >= 0.3 is 0 Å². The van der Waals surface area contributed by atoms with Crippen molar-refractivity contribution in [2.24, 2.45) is 0 Å². The number of unbranched alkanes of at least 4 members (excludes halogenated alkanes) is 7. The SMILES string of the molecule is CCCCCCCCCCOC(C)[N+](C)(C)C. The summed E-state index contributed by atoms with van der Waals surface area (Å²) in [5.41, 5.74) is 0. The lowest BCUT2D eigenvalue weighted by atomic mass is 10.1. The van der Waals surface area contributed by atoms with E-state index in [2.05, 4.69) is 35.0 Å². The van der Waals surface area contributed by atoms with Crippen molar-refractivity contribution >= 4 is 0 Å². The zero-order valence-electron chi connectivity index (χ0n) is 12.8. The van der Waals surface area contributed by atoms with E-state index in [0.29, 0.717) is 6.23 Å². The predicted octanol–water partition coefficient (Wildman–Crippen LogP) is 4.20. The Labute approximate surface area is 109 Å². The molecule has 0 aliphatic heterocycles. The molecule has 0 aromatic heterocycles. The highest BCUT2D eigenvalue weighted by Crippen LogP contribution is 2.09. The first kappa shape index (κ1) is 16.9. The summed E-state index contributed by atoms with van der Waals surface area (Å²) < 4.78 is 6.71. The summed E-state index contributed by atoms with van der Waals surface area (Å²) >= 11 is 0. The molecule has 0 N–H and O–H groups in total. The van der Waals surface area contributed by atoms with Crippen LogP contribution in [0.2, 0.25) is 0 Å². The zero-order valence-corrected chi connectivity index (χ0v) is 12.8. The molecule has 0 aliphatic carbocycles. The van der Waals surface area contributed by atoms with Gasteiger partial charge in [-0.1, -0.05) is 51.9 Å². The molecule has 0 amide bonds. The molecule has 0 spiro atoms. The van der Waals surface area contributed by atoms with Gasteiger partial charge in [-0.25, -0.2) is 0 Å². The van der Waals surface area contributed by atoms with Gasteiger partial charge in [0.15, 0.2) is 6.23 Å². The van der Waals surface area contributed by atoms with Crippen molar-refractivity contribution in [1.82, 2.24) is 0 Å². The van der Waals surface area contributed by atoms with E-state index < -0.39 is 0 Å². The van der Waals surface area contributed by atoms with E-state index in [1.54, 1.807) is 0 Å². The van der Waals surface area contributed by atoms with Crippen LogP contribution in [0, 0.1) is 0 Å². The highest BCUT2D eigenvalue weighted by Gasteiger charge is 2.17. The largest absolute Gasteiger partial charge is 0.329 e. The van der Waals surface area contributed by atoms with Gasteiger partial charge in [0.25, 0.3) is 0 Å². The van der Waals surface area contributed by atoms with Gasteiger partial charge < -0.3 is 9.22 Å². The Morgan fingerprint density at radius 2 is 1.29 bits per heavy atom. The summed E-state index contributed by atoms with van der Waals surface area (Å²) in [6.07, 6.45) is 11.2. The van der Waals surface area contributed by atoms with E-state index in [4.69, 9.17) is 4.74 Å². The van der Waals surface area contributed by atoms with Crippen LogP contribution in [0.25, 0.3) is 0 Å². The fraction of sp³-hybridized carbons (Fsp3) is 1.00. The van der Waals surface area contributed by atoms with Gasteiger partial charge in [0.2, 0.25) is 0 Å². The van der Waals surface area contributed by atoms with Crippen LogP contribution in [-0.4, -0.2) is 38.5 Å². The van der Waals surface area contributed by atoms with E-state index in [-0.39, 0.29) is 0 Å². The van der Waals surface area contributed by atoms with Crippen LogP contribution in [0.4, 0.5) is 0 Å². The first-order chi connectivity index (χ1) is 7.98. The molecule has 0 radical (unpaired) electrons. The van der Waals surface area contributed by atoms with Crippen LogP contribution in [0.3, 0.4) is 0 Å². The molecule has 0 heterocycles. The number of nitrogens with zero attached hydrogens (tertiary/aromatic N) is 1. The van der Waals surface area contributed by atoms with Crippen LogP contribution < -0.4 is 0 Å². The van der Waals surface area contributed by atoms with Crippen LogP contribution >= 0.6 is 0 Å². The quantitative estimate of drug-likeness (QED) is 0.301. The second-order valence-electron chi connectivity index (χ2n) is 6.06. The molecule has 2 heteroatoms. The molecule has 0 rings (SSSR count). The Morgan fingerprint density at radius 3 is 1.76 bits per heavy atom. The molecule has 1 atom stereocenters. The van der Waals surface area contributed by atoms with Crippen molar-refractivity contribution in [1.29, 1.82) is 0 Å². The second-order valence-corrected chi connectivity index (χ2v) is 6.06.